The number of aromatic nitrogens is 4. The van der Waals surface area contributed by atoms with Gasteiger partial charge in [0, 0.05) is 29.1 Å². The number of rotatable bonds is 7. The molecule has 0 saturated carbocycles. The number of anilines is 1. The Balaban J connectivity index is 1.40. The van der Waals surface area contributed by atoms with Crippen LogP contribution in [0.1, 0.15) is 46.1 Å². The van der Waals surface area contributed by atoms with Gasteiger partial charge in [-0.25, -0.2) is 29.1 Å². The molecule has 1 amide bonds. The van der Waals surface area contributed by atoms with Crippen molar-refractivity contribution in [3.05, 3.63) is 69.7 Å². The van der Waals surface area contributed by atoms with E-state index in [1.54, 1.807) is 37.2 Å². The minimum atomic E-state index is -4.55. The molecule has 0 radical (unpaired) electrons. The van der Waals surface area contributed by atoms with E-state index in [2.05, 4.69) is 15.0 Å². The number of ether oxygens (including phenoxy) is 2. The molecule has 2 fully saturated rings. The second kappa shape index (κ2) is 11.5. The molecule has 1 aromatic carbocycles. The molecular formula is C31H30F4N6O3S. The zero-order valence-electron chi connectivity index (χ0n) is 25.1. The number of methoxy groups -OCH3 is 1. The molecule has 5 heterocycles. The van der Waals surface area contributed by atoms with Crippen LogP contribution in [0.5, 0.6) is 5.88 Å². The maximum atomic E-state index is 13.7. The molecule has 2 saturated heterocycles. The van der Waals surface area contributed by atoms with Crippen molar-refractivity contribution in [3.63, 3.8) is 0 Å². The SMILES string of the molecule is COc1ncc(-c2sc(C)nc2C)cc1-c1cnc(N2CC(F)C2)nc1CN1C(=O)O[C@H](c2cc(C)cc(C(F)(F)F)c2)[C@@H]1C. The normalized spacial score (nSPS) is 18.7. The topological polar surface area (TPSA) is 93.6 Å². The minimum absolute atomic E-state index is 0.0573. The molecule has 236 valence electrons. The van der Waals surface area contributed by atoms with Crippen LogP contribution in [0.4, 0.5) is 28.3 Å². The highest BCUT2D eigenvalue weighted by Crippen LogP contribution is 2.40. The van der Waals surface area contributed by atoms with E-state index in [1.807, 2.05) is 19.9 Å². The van der Waals surface area contributed by atoms with Crippen molar-refractivity contribution >= 4 is 23.4 Å². The van der Waals surface area contributed by atoms with Crippen molar-refractivity contribution < 1.29 is 31.8 Å². The number of benzene rings is 1. The Morgan fingerprint density at radius 2 is 1.80 bits per heavy atom. The van der Waals surface area contributed by atoms with Crippen molar-refractivity contribution in [2.45, 2.75) is 58.7 Å². The Hall–Kier alpha value is -4.33. The molecule has 4 aromatic rings. The maximum absolute atomic E-state index is 13.7. The standard InChI is InChI=1S/C31H30F4N6O3S/c1-15-6-19(8-21(7-15)31(33,34)35)26-17(3)41(30(42)44-26)14-25-24(11-37-29(39-25)40-12-22(32)13-40)23-9-20(10-36-28(23)43-5)27-16(2)38-18(4)45-27/h6-11,17,22,26H,12-14H2,1-5H3/t17-,26-/m0/s1. The second-order valence-corrected chi connectivity index (χ2v) is 12.5. The number of hydrogen-bond donors (Lipinski definition) is 0. The smallest absolute Gasteiger partial charge is 0.416 e. The van der Waals surface area contributed by atoms with E-state index >= 15 is 0 Å². The van der Waals surface area contributed by atoms with Crippen LogP contribution >= 0.6 is 11.3 Å². The Morgan fingerprint density at radius 3 is 2.44 bits per heavy atom. The van der Waals surface area contributed by atoms with Crippen molar-refractivity contribution in [3.8, 4) is 27.4 Å². The van der Waals surface area contributed by atoms with E-state index in [9.17, 15) is 22.4 Å². The summed E-state index contributed by atoms with van der Waals surface area (Å²) in [5.41, 5.74) is 3.01. The Labute approximate surface area is 260 Å². The summed E-state index contributed by atoms with van der Waals surface area (Å²) in [6.45, 7) is 7.34. The van der Waals surface area contributed by atoms with Crippen LogP contribution in [0, 0.1) is 20.8 Å². The van der Waals surface area contributed by atoms with Gasteiger partial charge >= 0.3 is 12.3 Å². The van der Waals surface area contributed by atoms with Crippen LogP contribution in [-0.2, 0) is 17.5 Å². The molecule has 0 N–H and O–H groups in total. The number of thiazole rings is 1. The van der Waals surface area contributed by atoms with E-state index < -0.39 is 36.2 Å². The summed E-state index contributed by atoms with van der Waals surface area (Å²) >= 11 is 1.53. The summed E-state index contributed by atoms with van der Waals surface area (Å²) < 4.78 is 65.7. The third-order valence-corrected chi connectivity index (χ3v) is 9.06. The van der Waals surface area contributed by atoms with E-state index in [1.165, 1.54) is 23.3 Å². The van der Waals surface area contributed by atoms with Crippen LogP contribution in [-0.4, -0.2) is 63.3 Å². The Morgan fingerprint density at radius 1 is 1.04 bits per heavy atom. The van der Waals surface area contributed by atoms with Crippen LogP contribution in [0.2, 0.25) is 0 Å². The van der Waals surface area contributed by atoms with Gasteiger partial charge in [0.05, 0.1) is 59.6 Å². The van der Waals surface area contributed by atoms with Crippen LogP contribution < -0.4 is 9.64 Å². The summed E-state index contributed by atoms with van der Waals surface area (Å²) in [4.78, 5) is 35.6. The van der Waals surface area contributed by atoms with E-state index in [-0.39, 0.29) is 25.2 Å². The minimum Gasteiger partial charge on any atom is -0.481 e. The fraction of sp³-hybridized carbons (Fsp3) is 0.387. The highest BCUT2D eigenvalue weighted by atomic mass is 32.1. The molecule has 0 bridgehead atoms. The molecule has 0 spiro atoms. The van der Waals surface area contributed by atoms with Gasteiger partial charge in [-0.3, -0.25) is 4.90 Å². The van der Waals surface area contributed by atoms with Gasteiger partial charge in [-0.15, -0.1) is 11.3 Å². The fourth-order valence-corrected chi connectivity index (χ4v) is 6.59. The van der Waals surface area contributed by atoms with E-state index in [0.29, 0.717) is 34.2 Å². The lowest BCUT2D eigenvalue weighted by Gasteiger charge is -2.34. The van der Waals surface area contributed by atoms with Gasteiger partial charge in [-0.05, 0) is 51.5 Å². The lowest BCUT2D eigenvalue weighted by atomic mass is 9.98. The average Bonchev–Trinajstić information content (AvgIpc) is 3.46. The molecule has 2 atom stereocenters. The van der Waals surface area contributed by atoms with Crippen molar-refractivity contribution in [2.75, 3.05) is 25.1 Å². The number of hydrogen-bond acceptors (Lipinski definition) is 9. The van der Waals surface area contributed by atoms with Crippen molar-refractivity contribution in [2.24, 2.45) is 0 Å². The van der Waals surface area contributed by atoms with E-state index in [4.69, 9.17) is 14.5 Å². The highest BCUT2D eigenvalue weighted by Gasteiger charge is 2.42. The van der Waals surface area contributed by atoms with Crippen molar-refractivity contribution in [1.29, 1.82) is 0 Å². The lowest BCUT2D eigenvalue weighted by molar-refractivity contribution is -0.137. The first-order valence-electron chi connectivity index (χ1n) is 14.2. The number of aryl methyl sites for hydroxylation is 3. The third kappa shape index (κ3) is 5.90. The average molecular weight is 643 g/mol. The van der Waals surface area contributed by atoms with E-state index in [0.717, 1.165) is 33.3 Å². The molecule has 6 rings (SSSR count). The number of cyclic esters (lactones) is 1. The molecule has 3 aromatic heterocycles. The first-order valence-corrected chi connectivity index (χ1v) is 15.0. The van der Waals surface area contributed by atoms with Crippen LogP contribution in [0.15, 0.2) is 36.7 Å². The molecule has 14 heteroatoms. The lowest BCUT2D eigenvalue weighted by Crippen LogP contribution is -2.49. The summed E-state index contributed by atoms with van der Waals surface area (Å²) in [6.07, 6.45) is -3.89. The molecule has 2 aliphatic heterocycles. The molecular weight excluding hydrogens is 612 g/mol. The number of carbonyl (C=O) groups is 1. The van der Waals surface area contributed by atoms with Gasteiger partial charge in [-0.1, -0.05) is 11.6 Å². The van der Waals surface area contributed by atoms with Crippen molar-refractivity contribution in [1.82, 2.24) is 24.8 Å². The number of halogens is 4. The zero-order chi connectivity index (χ0) is 32.2. The van der Waals surface area contributed by atoms with Gasteiger partial charge in [0.25, 0.3) is 0 Å². The molecule has 2 aliphatic rings. The Kier molecular flexibility index (Phi) is 7.88. The number of pyridine rings is 1. The molecule has 9 nitrogen and oxygen atoms in total. The van der Waals surface area contributed by atoms with Gasteiger partial charge in [-0.2, -0.15) is 13.2 Å². The molecule has 0 unspecified atom stereocenters. The summed E-state index contributed by atoms with van der Waals surface area (Å²) in [5.74, 6) is 0.599. The fourth-order valence-electron chi connectivity index (χ4n) is 5.69. The molecule has 45 heavy (non-hydrogen) atoms. The summed E-state index contributed by atoms with van der Waals surface area (Å²) in [6, 6.07) is 4.92. The number of nitrogens with zero attached hydrogens (tertiary/aromatic N) is 6. The van der Waals surface area contributed by atoms with Gasteiger partial charge in [0.1, 0.15) is 12.3 Å². The number of amides is 1. The zero-order valence-corrected chi connectivity index (χ0v) is 26.0. The number of alkyl halides is 4. The monoisotopic (exact) mass is 642 g/mol. The van der Waals surface area contributed by atoms with Gasteiger partial charge < -0.3 is 14.4 Å². The highest BCUT2D eigenvalue weighted by molar-refractivity contribution is 7.15. The largest absolute Gasteiger partial charge is 0.481 e. The van der Waals surface area contributed by atoms with Gasteiger partial charge in [0.15, 0.2) is 0 Å². The van der Waals surface area contributed by atoms with Gasteiger partial charge in [0.2, 0.25) is 11.8 Å². The second-order valence-electron chi connectivity index (χ2n) is 11.3. The summed E-state index contributed by atoms with van der Waals surface area (Å²) in [5, 5.41) is 0.904. The predicted molar refractivity (Wildman–Crippen MR) is 160 cm³/mol. The Bertz CT molecular complexity index is 1770. The quantitative estimate of drug-likeness (QED) is 0.202. The van der Waals surface area contributed by atoms with Crippen LogP contribution in [0.25, 0.3) is 21.6 Å². The number of carbonyl (C=O) groups excluding carboxylic acids is 1. The van der Waals surface area contributed by atoms with Crippen LogP contribution in [0.3, 0.4) is 0 Å². The maximum Gasteiger partial charge on any atom is 0.416 e. The third-order valence-electron chi connectivity index (χ3n) is 7.94. The molecule has 0 aliphatic carbocycles. The predicted octanol–water partition coefficient (Wildman–Crippen LogP) is 6.85. The first kappa shape index (κ1) is 30.7. The first-order chi connectivity index (χ1) is 21.3. The summed E-state index contributed by atoms with van der Waals surface area (Å²) in [7, 11) is 1.49.